The highest BCUT2D eigenvalue weighted by atomic mass is 79.9. The van der Waals surface area contributed by atoms with Crippen LogP contribution >= 0.6 is 15.9 Å². The topological polar surface area (TPSA) is 73.6 Å². The van der Waals surface area contributed by atoms with Crippen LogP contribution in [0, 0.1) is 0 Å². The van der Waals surface area contributed by atoms with E-state index in [1.807, 2.05) is 24.3 Å². The lowest BCUT2D eigenvalue weighted by atomic mass is 10.3. The average Bonchev–Trinajstić information content (AvgIpc) is 2.17. The van der Waals surface area contributed by atoms with Crippen molar-refractivity contribution in [1.82, 2.24) is 0 Å². The monoisotopic (exact) mass is 271 g/mol. The Morgan fingerprint density at radius 2 is 2.20 bits per heavy atom. The number of nitrogens with two attached hydrogens (primary N) is 2. The van der Waals surface area contributed by atoms with Crippen LogP contribution in [0.1, 0.15) is 6.42 Å². The molecule has 5 heteroatoms. The molecule has 1 aromatic carbocycles. The predicted octanol–water partition coefficient (Wildman–Crippen LogP) is 1.49. The zero-order chi connectivity index (χ0) is 11.1. The van der Waals surface area contributed by atoms with E-state index in [0.29, 0.717) is 13.2 Å². The molecule has 0 aliphatic rings. The van der Waals surface area contributed by atoms with E-state index in [9.17, 15) is 0 Å². The van der Waals surface area contributed by atoms with Crippen molar-refractivity contribution in [3.8, 4) is 5.75 Å². The lowest BCUT2D eigenvalue weighted by Gasteiger charge is -2.04. The summed E-state index contributed by atoms with van der Waals surface area (Å²) < 4.78 is 6.49. The van der Waals surface area contributed by atoms with Gasteiger partial charge in [0.25, 0.3) is 0 Å². The molecule has 0 aliphatic heterocycles. The molecule has 0 heterocycles. The van der Waals surface area contributed by atoms with E-state index >= 15 is 0 Å². The van der Waals surface area contributed by atoms with Gasteiger partial charge in [0.2, 0.25) is 0 Å². The second-order valence-electron chi connectivity index (χ2n) is 2.97. The van der Waals surface area contributed by atoms with Gasteiger partial charge in [0, 0.05) is 17.4 Å². The second kappa shape index (κ2) is 6.29. The van der Waals surface area contributed by atoms with Gasteiger partial charge in [-0.1, -0.05) is 22.0 Å². The number of rotatable bonds is 5. The molecule has 0 aliphatic carbocycles. The third-order valence-corrected chi connectivity index (χ3v) is 2.15. The first-order valence-electron chi connectivity index (χ1n) is 4.62. The van der Waals surface area contributed by atoms with E-state index < -0.39 is 0 Å². The molecule has 1 aromatic rings. The molecule has 4 N–H and O–H groups in total. The number of benzene rings is 1. The number of nitrogens with zero attached hydrogens (tertiary/aromatic N) is 1. The smallest absolute Gasteiger partial charge is 0.185 e. The first-order valence-corrected chi connectivity index (χ1v) is 5.41. The van der Waals surface area contributed by atoms with Gasteiger partial charge in [0.15, 0.2) is 5.96 Å². The Bertz CT molecular complexity index is 337. The van der Waals surface area contributed by atoms with Crippen molar-refractivity contribution in [1.29, 1.82) is 0 Å². The lowest BCUT2D eigenvalue weighted by molar-refractivity contribution is 0.313. The molecule has 0 spiro atoms. The molecule has 0 unspecified atom stereocenters. The van der Waals surface area contributed by atoms with Gasteiger partial charge in [0.05, 0.1) is 6.61 Å². The van der Waals surface area contributed by atoms with Crippen molar-refractivity contribution in [2.45, 2.75) is 6.42 Å². The molecule has 82 valence electrons. The molecule has 0 atom stereocenters. The summed E-state index contributed by atoms with van der Waals surface area (Å²) in [5.41, 5.74) is 10.4. The zero-order valence-electron chi connectivity index (χ0n) is 8.32. The van der Waals surface area contributed by atoms with Crippen LogP contribution in [-0.2, 0) is 0 Å². The van der Waals surface area contributed by atoms with Crippen LogP contribution in [0.15, 0.2) is 33.7 Å². The highest BCUT2D eigenvalue weighted by molar-refractivity contribution is 9.10. The molecule has 0 saturated heterocycles. The van der Waals surface area contributed by atoms with Gasteiger partial charge in [-0.3, -0.25) is 4.99 Å². The highest BCUT2D eigenvalue weighted by Gasteiger charge is 1.94. The van der Waals surface area contributed by atoms with Gasteiger partial charge in [-0.05, 0) is 18.2 Å². The fraction of sp³-hybridized carbons (Fsp3) is 0.300. The van der Waals surface area contributed by atoms with Crippen LogP contribution in [0.5, 0.6) is 5.75 Å². The number of guanidine groups is 1. The van der Waals surface area contributed by atoms with Crippen LogP contribution in [0.2, 0.25) is 0 Å². The van der Waals surface area contributed by atoms with E-state index in [2.05, 4.69) is 20.9 Å². The maximum atomic E-state index is 5.49. The van der Waals surface area contributed by atoms with Crippen LogP contribution < -0.4 is 16.2 Å². The van der Waals surface area contributed by atoms with E-state index in [1.54, 1.807) is 0 Å². The molecule has 4 nitrogen and oxygen atoms in total. The van der Waals surface area contributed by atoms with Crippen LogP contribution in [0.4, 0.5) is 0 Å². The molecule has 0 amide bonds. The van der Waals surface area contributed by atoms with Crippen LogP contribution in [-0.4, -0.2) is 19.1 Å². The van der Waals surface area contributed by atoms with Crippen molar-refractivity contribution in [3.05, 3.63) is 28.7 Å². The number of ether oxygens (including phenoxy) is 1. The number of hydrogen-bond donors (Lipinski definition) is 2. The summed E-state index contributed by atoms with van der Waals surface area (Å²) in [5.74, 6) is 0.964. The quantitative estimate of drug-likeness (QED) is 0.484. The first-order chi connectivity index (χ1) is 7.18. The third-order valence-electron chi connectivity index (χ3n) is 1.66. The minimum absolute atomic E-state index is 0.123. The summed E-state index contributed by atoms with van der Waals surface area (Å²) in [5, 5.41) is 0. The van der Waals surface area contributed by atoms with Gasteiger partial charge in [-0.2, -0.15) is 0 Å². The number of hydrogen-bond acceptors (Lipinski definition) is 2. The van der Waals surface area contributed by atoms with E-state index in [1.165, 1.54) is 0 Å². The van der Waals surface area contributed by atoms with Gasteiger partial charge in [-0.15, -0.1) is 0 Å². The van der Waals surface area contributed by atoms with Gasteiger partial charge < -0.3 is 16.2 Å². The Balaban J connectivity index is 2.23. The van der Waals surface area contributed by atoms with Crippen molar-refractivity contribution in [2.24, 2.45) is 16.5 Å². The van der Waals surface area contributed by atoms with Crippen molar-refractivity contribution in [3.63, 3.8) is 0 Å². The fourth-order valence-electron chi connectivity index (χ4n) is 1.02. The molecule has 0 fully saturated rings. The van der Waals surface area contributed by atoms with E-state index in [0.717, 1.165) is 16.6 Å². The average molecular weight is 272 g/mol. The lowest BCUT2D eigenvalue weighted by Crippen LogP contribution is -2.23. The van der Waals surface area contributed by atoms with Gasteiger partial charge in [0.1, 0.15) is 5.75 Å². The molecular formula is C10H14BrN3O. The Labute approximate surface area is 97.4 Å². The molecule has 0 bridgehead atoms. The molecule has 0 radical (unpaired) electrons. The minimum Gasteiger partial charge on any atom is -0.493 e. The minimum atomic E-state index is 0.123. The van der Waals surface area contributed by atoms with Crippen LogP contribution in [0.3, 0.4) is 0 Å². The highest BCUT2D eigenvalue weighted by Crippen LogP contribution is 2.17. The van der Waals surface area contributed by atoms with E-state index in [4.69, 9.17) is 16.2 Å². The standard InChI is InChI=1S/C10H14BrN3O/c11-8-3-1-4-9(7-8)15-6-2-5-14-10(12)13/h1,3-4,7H,2,5-6H2,(H4,12,13,14). The summed E-state index contributed by atoms with van der Waals surface area (Å²) in [7, 11) is 0. The Hall–Kier alpha value is -1.23. The molecule has 0 aromatic heterocycles. The Morgan fingerprint density at radius 3 is 2.87 bits per heavy atom. The summed E-state index contributed by atoms with van der Waals surface area (Å²) in [4.78, 5) is 3.86. The molecule has 1 rings (SSSR count). The number of halogens is 1. The van der Waals surface area contributed by atoms with Crippen molar-refractivity contribution >= 4 is 21.9 Å². The Morgan fingerprint density at radius 1 is 1.40 bits per heavy atom. The van der Waals surface area contributed by atoms with Crippen LogP contribution in [0.25, 0.3) is 0 Å². The summed E-state index contributed by atoms with van der Waals surface area (Å²) in [6.07, 6.45) is 0.796. The van der Waals surface area contributed by atoms with Crippen molar-refractivity contribution in [2.75, 3.05) is 13.2 Å². The van der Waals surface area contributed by atoms with Crippen molar-refractivity contribution < 1.29 is 4.74 Å². The first kappa shape index (κ1) is 11.8. The van der Waals surface area contributed by atoms with Gasteiger partial charge >= 0.3 is 0 Å². The predicted molar refractivity (Wildman–Crippen MR) is 64.9 cm³/mol. The van der Waals surface area contributed by atoms with Gasteiger partial charge in [-0.25, -0.2) is 0 Å². The maximum Gasteiger partial charge on any atom is 0.185 e. The third kappa shape index (κ3) is 5.27. The summed E-state index contributed by atoms with van der Waals surface area (Å²) in [6, 6.07) is 7.70. The summed E-state index contributed by atoms with van der Waals surface area (Å²) in [6.45, 7) is 1.20. The summed E-state index contributed by atoms with van der Waals surface area (Å²) >= 11 is 3.37. The Kier molecular flexibility index (Phi) is 4.97. The molecular weight excluding hydrogens is 258 g/mol. The molecule has 15 heavy (non-hydrogen) atoms. The normalized spacial score (nSPS) is 9.67. The maximum absolute atomic E-state index is 5.49. The number of aliphatic imine (C=N–C) groups is 1. The fourth-order valence-corrected chi connectivity index (χ4v) is 1.40. The second-order valence-corrected chi connectivity index (χ2v) is 3.88. The van der Waals surface area contributed by atoms with E-state index in [-0.39, 0.29) is 5.96 Å². The zero-order valence-corrected chi connectivity index (χ0v) is 9.90. The SMILES string of the molecule is NC(N)=NCCCOc1cccc(Br)c1. The molecule has 0 saturated carbocycles. The largest absolute Gasteiger partial charge is 0.493 e.